The van der Waals surface area contributed by atoms with Crippen molar-refractivity contribution >= 4 is 22.5 Å². The van der Waals surface area contributed by atoms with E-state index in [0.29, 0.717) is 6.04 Å². The molecule has 0 radical (unpaired) electrons. The minimum Gasteiger partial charge on any atom is -0.381 e. The average Bonchev–Trinajstić information content (AvgIpc) is 2.75. The quantitative estimate of drug-likeness (QED) is 0.736. The van der Waals surface area contributed by atoms with Crippen molar-refractivity contribution in [3.05, 3.63) is 35.5 Å². The maximum absolute atomic E-state index is 6.27. The first-order valence-corrected chi connectivity index (χ1v) is 6.07. The molecule has 1 aliphatic heterocycles. The molecule has 1 fully saturated rings. The van der Waals surface area contributed by atoms with Gasteiger partial charge in [-0.1, -0.05) is 23.7 Å². The Morgan fingerprint density at radius 2 is 2.00 bits per heavy atom. The lowest BCUT2D eigenvalue weighted by Gasteiger charge is -2.24. The lowest BCUT2D eigenvalue weighted by atomic mass is 10.1. The number of benzene rings is 1. The largest absolute Gasteiger partial charge is 0.381 e. The zero-order valence-electron chi connectivity index (χ0n) is 9.03. The number of hydrogen-bond acceptors (Lipinski definition) is 1. The third-order valence-electron chi connectivity index (χ3n) is 3.28. The second kappa shape index (κ2) is 4.11. The molecule has 0 bridgehead atoms. The number of hydrogen-bond donors (Lipinski definition) is 0. The molecule has 0 atom stereocenters. The van der Waals surface area contributed by atoms with Crippen molar-refractivity contribution in [3.8, 4) is 0 Å². The van der Waals surface area contributed by atoms with Gasteiger partial charge in [0, 0.05) is 30.8 Å². The van der Waals surface area contributed by atoms with Crippen LogP contribution in [0.15, 0.2) is 30.5 Å². The number of aromatic nitrogens is 1. The molecule has 1 aliphatic rings. The zero-order chi connectivity index (χ0) is 11.0. The highest BCUT2D eigenvalue weighted by Crippen LogP contribution is 2.30. The predicted octanol–water partition coefficient (Wildman–Crippen LogP) is 3.65. The Labute approximate surface area is 99.8 Å². The molecule has 0 unspecified atom stereocenters. The molecule has 2 nitrogen and oxygen atoms in total. The molecule has 84 valence electrons. The van der Waals surface area contributed by atoms with Gasteiger partial charge in [-0.2, -0.15) is 0 Å². The minimum atomic E-state index is 0.533. The molecule has 0 N–H and O–H groups in total. The predicted molar refractivity (Wildman–Crippen MR) is 66.0 cm³/mol. The Bertz CT molecular complexity index is 500. The van der Waals surface area contributed by atoms with Crippen molar-refractivity contribution in [2.45, 2.75) is 18.9 Å². The van der Waals surface area contributed by atoms with Gasteiger partial charge >= 0.3 is 0 Å². The van der Waals surface area contributed by atoms with Crippen molar-refractivity contribution in [1.29, 1.82) is 0 Å². The van der Waals surface area contributed by atoms with Gasteiger partial charge in [0.1, 0.15) is 0 Å². The molecule has 3 rings (SSSR count). The third kappa shape index (κ3) is 1.62. The fourth-order valence-corrected chi connectivity index (χ4v) is 2.72. The van der Waals surface area contributed by atoms with Gasteiger partial charge in [0.25, 0.3) is 0 Å². The topological polar surface area (TPSA) is 14.2 Å². The van der Waals surface area contributed by atoms with Crippen LogP contribution in [0.4, 0.5) is 0 Å². The van der Waals surface area contributed by atoms with E-state index in [1.54, 1.807) is 0 Å². The van der Waals surface area contributed by atoms with Crippen molar-refractivity contribution in [2.24, 2.45) is 0 Å². The minimum absolute atomic E-state index is 0.533. The summed E-state index contributed by atoms with van der Waals surface area (Å²) in [6.45, 7) is 1.71. The lowest BCUT2D eigenvalue weighted by molar-refractivity contribution is 0.0707. The molecule has 0 saturated carbocycles. The molecular formula is C13H14ClNO. The number of para-hydroxylation sites is 1. The van der Waals surface area contributed by atoms with Gasteiger partial charge in [-0.15, -0.1) is 0 Å². The summed E-state index contributed by atoms with van der Waals surface area (Å²) < 4.78 is 7.70. The van der Waals surface area contributed by atoms with Crippen molar-refractivity contribution < 1.29 is 4.74 Å². The van der Waals surface area contributed by atoms with Gasteiger partial charge in [0.2, 0.25) is 0 Å². The van der Waals surface area contributed by atoms with Gasteiger partial charge in [0.15, 0.2) is 0 Å². The molecule has 16 heavy (non-hydrogen) atoms. The van der Waals surface area contributed by atoms with Crippen LogP contribution in [-0.2, 0) is 4.74 Å². The van der Waals surface area contributed by atoms with E-state index >= 15 is 0 Å². The smallest absolute Gasteiger partial charge is 0.0672 e. The number of halogens is 1. The number of rotatable bonds is 1. The van der Waals surface area contributed by atoms with Crippen LogP contribution in [0.3, 0.4) is 0 Å². The van der Waals surface area contributed by atoms with E-state index in [2.05, 4.69) is 22.9 Å². The SMILES string of the molecule is Clc1cccc2ccn(C3CCOCC3)c12. The van der Waals surface area contributed by atoms with Crippen LogP contribution in [-0.4, -0.2) is 17.8 Å². The summed E-state index contributed by atoms with van der Waals surface area (Å²) in [5.74, 6) is 0. The van der Waals surface area contributed by atoms with Crippen LogP contribution in [0, 0.1) is 0 Å². The van der Waals surface area contributed by atoms with Crippen molar-refractivity contribution in [1.82, 2.24) is 4.57 Å². The van der Waals surface area contributed by atoms with Crippen LogP contribution in [0.5, 0.6) is 0 Å². The van der Waals surface area contributed by atoms with E-state index in [1.807, 2.05) is 12.1 Å². The van der Waals surface area contributed by atoms with Gasteiger partial charge in [-0.3, -0.25) is 0 Å². The second-order valence-electron chi connectivity index (χ2n) is 4.24. The molecule has 0 amide bonds. The molecule has 1 aromatic carbocycles. The second-order valence-corrected chi connectivity index (χ2v) is 4.65. The monoisotopic (exact) mass is 235 g/mol. The summed E-state index contributed by atoms with van der Waals surface area (Å²) in [6, 6.07) is 8.73. The molecule has 1 aromatic heterocycles. The van der Waals surface area contributed by atoms with E-state index in [0.717, 1.165) is 36.6 Å². The number of nitrogens with zero attached hydrogens (tertiary/aromatic N) is 1. The first kappa shape index (κ1) is 10.2. The van der Waals surface area contributed by atoms with Gasteiger partial charge in [-0.05, 0) is 25.0 Å². The van der Waals surface area contributed by atoms with Gasteiger partial charge < -0.3 is 9.30 Å². The Kier molecular flexibility index (Phi) is 2.62. The van der Waals surface area contributed by atoms with E-state index in [4.69, 9.17) is 16.3 Å². The van der Waals surface area contributed by atoms with Crippen molar-refractivity contribution in [3.63, 3.8) is 0 Å². The van der Waals surface area contributed by atoms with E-state index in [-0.39, 0.29) is 0 Å². The molecule has 0 aliphatic carbocycles. The Morgan fingerprint density at radius 3 is 2.81 bits per heavy atom. The summed E-state index contributed by atoms with van der Waals surface area (Å²) in [5.41, 5.74) is 1.16. The van der Waals surface area contributed by atoms with Crippen LogP contribution < -0.4 is 0 Å². The molecular weight excluding hydrogens is 222 g/mol. The third-order valence-corrected chi connectivity index (χ3v) is 3.58. The summed E-state index contributed by atoms with van der Waals surface area (Å²) in [5, 5.41) is 2.06. The molecule has 0 spiro atoms. The van der Waals surface area contributed by atoms with Crippen LogP contribution in [0.2, 0.25) is 5.02 Å². The Morgan fingerprint density at radius 1 is 1.19 bits per heavy atom. The summed E-state index contributed by atoms with van der Waals surface area (Å²) in [6.07, 6.45) is 4.30. The average molecular weight is 236 g/mol. The van der Waals surface area contributed by atoms with Gasteiger partial charge in [-0.25, -0.2) is 0 Å². The van der Waals surface area contributed by atoms with Crippen LogP contribution in [0.25, 0.3) is 10.9 Å². The van der Waals surface area contributed by atoms with E-state index in [1.165, 1.54) is 5.39 Å². The summed E-state index contributed by atoms with van der Waals surface area (Å²) in [4.78, 5) is 0. The van der Waals surface area contributed by atoms with Gasteiger partial charge in [0.05, 0.1) is 10.5 Å². The number of fused-ring (bicyclic) bond motifs is 1. The van der Waals surface area contributed by atoms with Crippen molar-refractivity contribution in [2.75, 3.05) is 13.2 Å². The molecule has 1 saturated heterocycles. The Hall–Kier alpha value is -0.990. The fourth-order valence-electron chi connectivity index (χ4n) is 2.44. The molecule has 2 aromatic rings. The lowest BCUT2D eigenvalue weighted by Crippen LogP contribution is -2.18. The number of ether oxygens (including phenoxy) is 1. The maximum atomic E-state index is 6.27. The maximum Gasteiger partial charge on any atom is 0.0672 e. The first-order valence-electron chi connectivity index (χ1n) is 5.69. The highest BCUT2D eigenvalue weighted by atomic mass is 35.5. The standard InChI is InChI=1S/C13H14ClNO/c14-12-3-1-2-10-4-7-15(13(10)12)11-5-8-16-9-6-11/h1-4,7,11H,5-6,8-9H2. The normalized spacial score (nSPS) is 18.1. The Balaban J connectivity index is 2.09. The highest BCUT2D eigenvalue weighted by Gasteiger charge is 2.17. The zero-order valence-corrected chi connectivity index (χ0v) is 9.78. The fraction of sp³-hybridized carbons (Fsp3) is 0.385. The van der Waals surface area contributed by atoms with E-state index in [9.17, 15) is 0 Å². The van der Waals surface area contributed by atoms with E-state index < -0.39 is 0 Å². The van der Waals surface area contributed by atoms with Crippen LogP contribution in [0.1, 0.15) is 18.9 Å². The van der Waals surface area contributed by atoms with Crippen LogP contribution >= 0.6 is 11.6 Å². The first-order chi connectivity index (χ1) is 7.86. The molecule has 3 heteroatoms. The summed E-state index contributed by atoms with van der Waals surface area (Å²) >= 11 is 6.27. The molecule has 2 heterocycles. The highest BCUT2D eigenvalue weighted by molar-refractivity contribution is 6.35. The summed E-state index contributed by atoms with van der Waals surface area (Å²) in [7, 11) is 0.